The second kappa shape index (κ2) is 5.38. The highest BCUT2D eigenvalue weighted by Crippen LogP contribution is 2.11. The van der Waals surface area contributed by atoms with Gasteiger partial charge in [0, 0.05) is 11.1 Å². The fraction of sp³-hybridized carbons (Fsp3) is 0.100. The van der Waals surface area contributed by atoms with Gasteiger partial charge in [-0.3, -0.25) is 4.79 Å². The Bertz CT molecular complexity index is 308. The van der Waals surface area contributed by atoms with Crippen molar-refractivity contribution < 1.29 is 9.53 Å². The minimum Gasteiger partial charge on any atom is -0.489 e. The van der Waals surface area contributed by atoms with Crippen LogP contribution in [0, 0.1) is 0 Å². The Morgan fingerprint density at radius 2 is 2.31 bits per heavy atom. The van der Waals surface area contributed by atoms with Crippen LogP contribution in [0.15, 0.2) is 35.9 Å². The van der Waals surface area contributed by atoms with Crippen molar-refractivity contribution in [1.82, 2.24) is 0 Å². The Balaban J connectivity index is 2.61. The van der Waals surface area contributed by atoms with Gasteiger partial charge in [0.25, 0.3) is 0 Å². The van der Waals surface area contributed by atoms with Crippen LogP contribution in [-0.2, 0) is 0 Å². The van der Waals surface area contributed by atoms with E-state index in [-0.39, 0.29) is 0 Å². The maximum Gasteiger partial charge on any atom is 0.150 e. The van der Waals surface area contributed by atoms with Gasteiger partial charge in [0.1, 0.15) is 18.6 Å². The molecular weight excluding hydrogens is 188 g/mol. The molecule has 0 atom stereocenters. The lowest BCUT2D eigenvalue weighted by Gasteiger charge is -2.02. The molecule has 0 fully saturated rings. The molecule has 0 saturated heterocycles. The molecular formula is C10H9ClO2. The number of benzene rings is 1. The highest BCUT2D eigenvalue weighted by molar-refractivity contribution is 6.25. The summed E-state index contributed by atoms with van der Waals surface area (Å²) in [5.41, 5.74) is 2.00. The van der Waals surface area contributed by atoms with E-state index in [1.807, 2.05) is 0 Å². The summed E-state index contributed by atoms with van der Waals surface area (Å²) in [7, 11) is 0. The maximum absolute atomic E-state index is 10.4. The molecule has 0 N–H and O–H groups in total. The molecule has 0 spiro atoms. The van der Waals surface area contributed by atoms with Crippen molar-refractivity contribution in [3.8, 4) is 5.75 Å². The molecule has 68 valence electrons. The van der Waals surface area contributed by atoms with Crippen molar-refractivity contribution in [2.45, 2.75) is 0 Å². The van der Waals surface area contributed by atoms with Crippen molar-refractivity contribution in [3.05, 3.63) is 41.4 Å². The lowest BCUT2D eigenvalue weighted by molar-refractivity contribution is 0.112. The van der Waals surface area contributed by atoms with E-state index in [1.165, 1.54) is 5.54 Å². The van der Waals surface area contributed by atoms with E-state index < -0.39 is 0 Å². The van der Waals surface area contributed by atoms with Crippen LogP contribution in [-0.4, -0.2) is 12.9 Å². The third kappa shape index (κ3) is 3.30. The highest BCUT2D eigenvalue weighted by Gasteiger charge is 1.93. The minimum absolute atomic E-state index is 0.409. The molecule has 0 bridgehead atoms. The number of aldehydes is 1. The van der Waals surface area contributed by atoms with Crippen LogP contribution >= 0.6 is 11.6 Å². The predicted molar refractivity (Wildman–Crippen MR) is 52.3 cm³/mol. The van der Waals surface area contributed by atoms with E-state index in [9.17, 15) is 4.79 Å². The first-order chi connectivity index (χ1) is 6.36. The number of carbonyl (C=O) groups is 1. The summed E-state index contributed by atoms with van der Waals surface area (Å²) < 4.78 is 5.26. The summed E-state index contributed by atoms with van der Waals surface area (Å²) in [6.45, 7) is 0.409. The van der Waals surface area contributed by atoms with Gasteiger partial charge in [-0.15, -0.1) is 0 Å². The topological polar surface area (TPSA) is 26.3 Å². The molecule has 0 aromatic heterocycles. The summed E-state index contributed by atoms with van der Waals surface area (Å²) in [6.07, 6.45) is 2.46. The molecule has 1 rings (SSSR count). The zero-order valence-electron chi connectivity index (χ0n) is 6.94. The molecule has 1 aromatic rings. The van der Waals surface area contributed by atoms with E-state index in [2.05, 4.69) is 0 Å². The Labute approximate surface area is 81.8 Å². The number of ether oxygens (including phenoxy) is 1. The van der Waals surface area contributed by atoms with E-state index in [0.29, 0.717) is 17.9 Å². The first-order valence-corrected chi connectivity index (χ1v) is 4.23. The molecule has 0 aliphatic rings. The van der Waals surface area contributed by atoms with Crippen LogP contribution in [0.5, 0.6) is 5.75 Å². The molecule has 2 nitrogen and oxygen atoms in total. The minimum atomic E-state index is 0.409. The van der Waals surface area contributed by atoms with Crippen molar-refractivity contribution in [2.75, 3.05) is 6.61 Å². The van der Waals surface area contributed by atoms with Gasteiger partial charge in [-0.25, -0.2) is 0 Å². The lowest BCUT2D eigenvalue weighted by atomic mass is 10.2. The number of carbonyl (C=O) groups excluding carboxylic acids is 1. The third-order valence-corrected chi connectivity index (χ3v) is 1.61. The molecule has 0 aliphatic carbocycles. The monoisotopic (exact) mass is 196 g/mol. The lowest BCUT2D eigenvalue weighted by Crippen LogP contribution is -1.93. The Hall–Kier alpha value is -1.28. The first kappa shape index (κ1) is 9.81. The van der Waals surface area contributed by atoms with Gasteiger partial charge in [-0.2, -0.15) is 0 Å². The van der Waals surface area contributed by atoms with Crippen LogP contribution in [0.3, 0.4) is 0 Å². The third-order valence-electron chi connectivity index (χ3n) is 1.43. The second-order valence-electron chi connectivity index (χ2n) is 2.36. The second-order valence-corrected chi connectivity index (χ2v) is 2.62. The van der Waals surface area contributed by atoms with Gasteiger partial charge in [-0.1, -0.05) is 23.7 Å². The summed E-state index contributed by atoms with van der Waals surface area (Å²) in [6, 6.07) is 6.95. The summed E-state index contributed by atoms with van der Waals surface area (Å²) >= 11 is 5.31. The zero-order chi connectivity index (χ0) is 9.52. The molecule has 0 aliphatic heterocycles. The highest BCUT2D eigenvalue weighted by atomic mass is 35.5. The standard InChI is InChI=1S/C10H9ClO2/c11-5-2-6-13-10-4-1-3-9(7-10)8-12/h1-5,7-8H,6H2/b5-2+. The van der Waals surface area contributed by atoms with Crippen LogP contribution in [0.2, 0.25) is 0 Å². The molecule has 3 heteroatoms. The van der Waals surface area contributed by atoms with Crippen LogP contribution in [0.4, 0.5) is 0 Å². The average molecular weight is 197 g/mol. The van der Waals surface area contributed by atoms with Gasteiger partial charge >= 0.3 is 0 Å². The average Bonchev–Trinajstić information content (AvgIpc) is 2.19. The largest absolute Gasteiger partial charge is 0.489 e. The fourth-order valence-electron chi connectivity index (χ4n) is 0.858. The molecule has 0 radical (unpaired) electrons. The van der Waals surface area contributed by atoms with Gasteiger partial charge in [0.15, 0.2) is 0 Å². The molecule has 1 aromatic carbocycles. The van der Waals surface area contributed by atoms with Crippen LogP contribution < -0.4 is 4.74 Å². The normalized spacial score (nSPS) is 10.2. The Morgan fingerprint density at radius 1 is 1.46 bits per heavy atom. The number of hydrogen-bond acceptors (Lipinski definition) is 2. The summed E-state index contributed by atoms with van der Waals surface area (Å²) in [4.78, 5) is 10.4. The molecule has 0 unspecified atom stereocenters. The van der Waals surface area contributed by atoms with Crippen molar-refractivity contribution >= 4 is 17.9 Å². The van der Waals surface area contributed by atoms with Gasteiger partial charge in [0.2, 0.25) is 0 Å². The maximum atomic E-state index is 10.4. The smallest absolute Gasteiger partial charge is 0.150 e. The zero-order valence-corrected chi connectivity index (χ0v) is 7.70. The number of rotatable bonds is 4. The van der Waals surface area contributed by atoms with E-state index in [1.54, 1.807) is 30.3 Å². The molecule has 0 heterocycles. The Morgan fingerprint density at radius 3 is 3.00 bits per heavy atom. The van der Waals surface area contributed by atoms with Crippen LogP contribution in [0.1, 0.15) is 10.4 Å². The van der Waals surface area contributed by atoms with Crippen LogP contribution in [0.25, 0.3) is 0 Å². The van der Waals surface area contributed by atoms with Crippen molar-refractivity contribution in [3.63, 3.8) is 0 Å². The fourth-order valence-corrected chi connectivity index (χ4v) is 0.931. The van der Waals surface area contributed by atoms with E-state index in [0.717, 1.165) is 6.29 Å². The molecule has 0 amide bonds. The van der Waals surface area contributed by atoms with Gasteiger partial charge < -0.3 is 4.74 Å². The Kier molecular flexibility index (Phi) is 4.06. The summed E-state index contributed by atoms with van der Waals surface area (Å²) in [5.74, 6) is 0.666. The SMILES string of the molecule is O=Cc1cccc(OC/C=C/Cl)c1. The van der Waals surface area contributed by atoms with E-state index >= 15 is 0 Å². The first-order valence-electron chi connectivity index (χ1n) is 3.80. The number of hydrogen-bond donors (Lipinski definition) is 0. The predicted octanol–water partition coefficient (Wildman–Crippen LogP) is 2.63. The number of halogens is 1. The summed E-state index contributed by atoms with van der Waals surface area (Å²) in [5, 5.41) is 0. The van der Waals surface area contributed by atoms with Gasteiger partial charge in [0.05, 0.1) is 0 Å². The van der Waals surface area contributed by atoms with Crippen molar-refractivity contribution in [2.24, 2.45) is 0 Å². The van der Waals surface area contributed by atoms with Crippen molar-refractivity contribution in [1.29, 1.82) is 0 Å². The van der Waals surface area contributed by atoms with E-state index in [4.69, 9.17) is 16.3 Å². The van der Waals surface area contributed by atoms with Gasteiger partial charge in [-0.05, 0) is 18.2 Å². The quantitative estimate of drug-likeness (QED) is 0.692. The molecule has 13 heavy (non-hydrogen) atoms. The molecule has 0 saturated carbocycles.